The second kappa shape index (κ2) is 4.82. The molecule has 1 aromatic carbocycles. The van der Waals surface area contributed by atoms with Crippen molar-refractivity contribution in [3.05, 3.63) is 41.6 Å². The van der Waals surface area contributed by atoms with E-state index in [0.717, 1.165) is 0 Å². The van der Waals surface area contributed by atoms with Gasteiger partial charge in [-0.25, -0.2) is 0 Å². The Morgan fingerprint density at radius 1 is 1.43 bits per heavy atom. The molecule has 1 amide bonds. The number of allylic oxidation sites excluding steroid dienone is 1. The molecule has 3 heteroatoms. The van der Waals surface area contributed by atoms with E-state index in [0.29, 0.717) is 10.7 Å². The van der Waals surface area contributed by atoms with E-state index in [1.807, 2.05) is 25.1 Å². The molecule has 0 aliphatic heterocycles. The summed E-state index contributed by atoms with van der Waals surface area (Å²) < 4.78 is 0. The van der Waals surface area contributed by atoms with Crippen LogP contribution in [0.15, 0.2) is 36.5 Å². The lowest BCUT2D eigenvalue weighted by atomic mass is 10.3. The summed E-state index contributed by atoms with van der Waals surface area (Å²) in [5.41, 5.74) is 0.708. The minimum atomic E-state index is -0.0591. The summed E-state index contributed by atoms with van der Waals surface area (Å²) in [5, 5.41) is 0.570. The maximum Gasteiger partial charge on any atom is 0.227 e. The van der Waals surface area contributed by atoms with Gasteiger partial charge in [-0.1, -0.05) is 29.8 Å². The van der Waals surface area contributed by atoms with E-state index in [2.05, 4.69) is 0 Å². The number of hydrogen-bond donors (Lipinski definition) is 0. The number of para-hydroxylation sites is 1. The number of nitrogens with zero attached hydrogens (tertiary/aromatic N) is 1. The Balaban J connectivity index is 3.11. The van der Waals surface area contributed by atoms with E-state index < -0.39 is 0 Å². The first kappa shape index (κ1) is 10.8. The molecule has 2 nitrogen and oxygen atoms in total. The molecule has 0 heterocycles. The number of halogens is 1. The Kier molecular flexibility index (Phi) is 3.72. The average Bonchev–Trinajstić information content (AvgIpc) is 2.15. The number of benzene rings is 1. The standard InChI is InChI=1S/C11H12ClNO/c1-3-8-13(9(2)14)11-7-5-4-6-10(11)12/h3-8H,1-2H3/b8-3+. The Morgan fingerprint density at radius 2 is 2.07 bits per heavy atom. The van der Waals surface area contributed by atoms with Crippen LogP contribution < -0.4 is 4.90 Å². The third kappa shape index (κ3) is 2.36. The lowest BCUT2D eigenvalue weighted by molar-refractivity contribution is -0.116. The van der Waals surface area contributed by atoms with Crippen molar-refractivity contribution >= 4 is 23.2 Å². The number of carbonyl (C=O) groups is 1. The monoisotopic (exact) mass is 209 g/mol. The first-order chi connectivity index (χ1) is 6.66. The molecule has 0 aromatic heterocycles. The second-order valence-corrected chi connectivity index (χ2v) is 3.23. The molecule has 0 aliphatic carbocycles. The molecule has 0 bridgehead atoms. The number of amides is 1. The van der Waals surface area contributed by atoms with E-state index in [-0.39, 0.29) is 5.91 Å². The minimum absolute atomic E-state index is 0.0591. The Labute approximate surface area is 88.8 Å². The van der Waals surface area contributed by atoms with Crippen LogP contribution in [0.25, 0.3) is 0 Å². The third-order valence-electron chi connectivity index (χ3n) is 1.75. The van der Waals surface area contributed by atoms with Crippen molar-refractivity contribution in [2.75, 3.05) is 4.90 Å². The highest BCUT2D eigenvalue weighted by atomic mass is 35.5. The predicted molar refractivity (Wildman–Crippen MR) is 59.4 cm³/mol. The molecule has 0 atom stereocenters. The Morgan fingerprint density at radius 3 is 2.57 bits per heavy atom. The van der Waals surface area contributed by atoms with Gasteiger partial charge in [0.15, 0.2) is 0 Å². The quantitative estimate of drug-likeness (QED) is 0.733. The molecule has 0 spiro atoms. The van der Waals surface area contributed by atoms with Gasteiger partial charge in [0, 0.05) is 13.1 Å². The molecule has 0 aliphatic rings. The van der Waals surface area contributed by atoms with Gasteiger partial charge in [0.1, 0.15) is 0 Å². The zero-order chi connectivity index (χ0) is 10.6. The van der Waals surface area contributed by atoms with Crippen LogP contribution in [-0.2, 0) is 4.79 Å². The molecule has 0 N–H and O–H groups in total. The third-order valence-corrected chi connectivity index (χ3v) is 2.07. The number of carbonyl (C=O) groups excluding carboxylic acids is 1. The van der Waals surface area contributed by atoms with Crippen molar-refractivity contribution in [2.24, 2.45) is 0 Å². The van der Waals surface area contributed by atoms with Crippen molar-refractivity contribution in [2.45, 2.75) is 13.8 Å². The Bertz CT molecular complexity index is 360. The molecule has 0 saturated carbocycles. The molecular formula is C11H12ClNO. The second-order valence-electron chi connectivity index (χ2n) is 2.82. The van der Waals surface area contributed by atoms with E-state index in [4.69, 9.17) is 11.6 Å². The lowest BCUT2D eigenvalue weighted by Crippen LogP contribution is -2.21. The van der Waals surface area contributed by atoms with Gasteiger partial charge in [-0.3, -0.25) is 9.69 Å². The summed E-state index contributed by atoms with van der Waals surface area (Å²) in [6.45, 7) is 3.36. The van der Waals surface area contributed by atoms with Crippen molar-refractivity contribution < 1.29 is 4.79 Å². The molecule has 0 unspecified atom stereocenters. The molecule has 74 valence electrons. The van der Waals surface area contributed by atoms with Gasteiger partial charge in [0.2, 0.25) is 5.91 Å². The summed E-state index contributed by atoms with van der Waals surface area (Å²) in [4.78, 5) is 12.8. The minimum Gasteiger partial charge on any atom is -0.287 e. The molecular weight excluding hydrogens is 198 g/mol. The van der Waals surface area contributed by atoms with Gasteiger partial charge in [-0.05, 0) is 19.1 Å². The van der Waals surface area contributed by atoms with Gasteiger partial charge in [0.05, 0.1) is 10.7 Å². The fourth-order valence-electron chi connectivity index (χ4n) is 1.15. The van der Waals surface area contributed by atoms with Gasteiger partial charge in [0.25, 0.3) is 0 Å². The van der Waals surface area contributed by atoms with E-state index in [9.17, 15) is 4.79 Å². The molecule has 0 radical (unpaired) electrons. The van der Waals surface area contributed by atoms with Gasteiger partial charge >= 0.3 is 0 Å². The van der Waals surface area contributed by atoms with E-state index >= 15 is 0 Å². The summed E-state index contributed by atoms with van der Waals surface area (Å²) in [6.07, 6.45) is 3.49. The van der Waals surface area contributed by atoms with Gasteiger partial charge in [-0.15, -0.1) is 0 Å². The molecule has 0 saturated heterocycles. The summed E-state index contributed by atoms with van der Waals surface area (Å²) >= 11 is 5.97. The van der Waals surface area contributed by atoms with Crippen LogP contribution in [0.2, 0.25) is 5.02 Å². The first-order valence-electron chi connectivity index (χ1n) is 4.34. The summed E-state index contributed by atoms with van der Waals surface area (Å²) in [6, 6.07) is 7.25. The maximum absolute atomic E-state index is 11.3. The van der Waals surface area contributed by atoms with Crippen LogP contribution in [-0.4, -0.2) is 5.91 Å². The number of rotatable bonds is 2. The van der Waals surface area contributed by atoms with Gasteiger partial charge < -0.3 is 0 Å². The van der Waals surface area contributed by atoms with Crippen LogP contribution in [0.4, 0.5) is 5.69 Å². The zero-order valence-corrected chi connectivity index (χ0v) is 8.95. The molecule has 1 aromatic rings. The Hall–Kier alpha value is -1.28. The topological polar surface area (TPSA) is 20.3 Å². The highest BCUT2D eigenvalue weighted by Gasteiger charge is 2.10. The van der Waals surface area contributed by atoms with Gasteiger partial charge in [-0.2, -0.15) is 0 Å². The van der Waals surface area contributed by atoms with Crippen LogP contribution in [0.3, 0.4) is 0 Å². The normalized spacial score (nSPS) is 10.5. The fourth-order valence-corrected chi connectivity index (χ4v) is 1.38. The highest BCUT2D eigenvalue weighted by molar-refractivity contribution is 6.33. The SMILES string of the molecule is C/C=C/N(C(C)=O)c1ccccc1Cl. The number of hydrogen-bond acceptors (Lipinski definition) is 1. The van der Waals surface area contributed by atoms with Crippen molar-refractivity contribution in [3.63, 3.8) is 0 Å². The highest BCUT2D eigenvalue weighted by Crippen LogP contribution is 2.25. The summed E-state index contributed by atoms with van der Waals surface area (Å²) in [5.74, 6) is -0.0591. The predicted octanol–water partition coefficient (Wildman–Crippen LogP) is 3.23. The first-order valence-corrected chi connectivity index (χ1v) is 4.71. The number of anilines is 1. The van der Waals surface area contributed by atoms with Crippen LogP contribution in [0.1, 0.15) is 13.8 Å². The van der Waals surface area contributed by atoms with Crippen LogP contribution >= 0.6 is 11.6 Å². The van der Waals surface area contributed by atoms with Crippen LogP contribution in [0, 0.1) is 0 Å². The van der Waals surface area contributed by atoms with E-state index in [1.165, 1.54) is 11.8 Å². The average molecular weight is 210 g/mol. The molecule has 0 fully saturated rings. The van der Waals surface area contributed by atoms with Crippen LogP contribution in [0.5, 0.6) is 0 Å². The van der Waals surface area contributed by atoms with Crippen molar-refractivity contribution in [1.82, 2.24) is 0 Å². The van der Waals surface area contributed by atoms with E-state index in [1.54, 1.807) is 18.3 Å². The molecule has 1 rings (SSSR count). The largest absolute Gasteiger partial charge is 0.287 e. The van der Waals surface area contributed by atoms with Crippen molar-refractivity contribution in [1.29, 1.82) is 0 Å². The lowest BCUT2D eigenvalue weighted by Gasteiger charge is -2.17. The zero-order valence-electron chi connectivity index (χ0n) is 8.20. The molecule has 14 heavy (non-hydrogen) atoms. The summed E-state index contributed by atoms with van der Waals surface area (Å²) in [7, 11) is 0. The fraction of sp³-hybridized carbons (Fsp3) is 0.182. The smallest absolute Gasteiger partial charge is 0.227 e. The maximum atomic E-state index is 11.3. The van der Waals surface area contributed by atoms with Crippen molar-refractivity contribution in [3.8, 4) is 0 Å².